The van der Waals surface area contributed by atoms with Crippen LogP contribution in [0.5, 0.6) is 0 Å². The smallest absolute Gasteiger partial charge is 0.261 e. The minimum Gasteiger partial charge on any atom is -0.279 e. The van der Waals surface area contributed by atoms with E-state index < -0.39 is 10.0 Å². The van der Waals surface area contributed by atoms with E-state index in [0.717, 1.165) is 0 Å². The summed E-state index contributed by atoms with van der Waals surface area (Å²) in [7, 11) is -3.57. The van der Waals surface area contributed by atoms with Crippen molar-refractivity contribution >= 4 is 47.6 Å². The van der Waals surface area contributed by atoms with Crippen LogP contribution in [-0.2, 0) is 10.0 Å². The van der Waals surface area contributed by atoms with Gasteiger partial charge >= 0.3 is 0 Å². The van der Waals surface area contributed by atoms with Crippen LogP contribution < -0.4 is 4.72 Å². The lowest BCUT2D eigenvalue weighted by molar-refractivity contribution is 0.601. The Morgan fingerprint density at radius 1 is 1.00 bits per heavy atom. The highest BCUT2D eigenvalue weighted by molar-refractivity contribution is 9.11. The van der Waals surface area contributed by atoms with Gasteiger partial charge < -0.3 is 0 Å². The first-order valence-electron chi connectivity index (χ1n) is 4.88. The fourth-order valence-corrected chi connectivity index (χ4v) is 3.51. The number of hydrogen-bond donors (Lipinski definition) is 1. The number of nitrogens with one attached hydrogen (secondary N) is 1. The van der Waals surface area contributed by atoms with Crippen LogP contribution in [-0.4, -0.2) is 13.4 Å². The Kier molecular flexibility index (Phi) is 4.04. The van der Waals surface area contributed by atoms with Gasteiger partial charge in [0, 0.05) is 0 Å². The Morgan fingerprint density at radius 2 is 1.56 bits per heavy atom. The molecule has 0 bridgehead atoms. The summed E-state index contributed by atoms with van der Waals surface area (Å²) in [6.07, 6.45) is 0. The molecule has 0 aliphatic heterocycles. The molecule has 18 heavy (non-hydrogen) atoms. The number of halogens is 2. The number of sulfonamides is 1. The van der Waals surface area contributed by atoms with Crippen molar-refractivity contribution in [2.24, 2.45) is 0 Å². The molecular formula is C11H8Br2N2O2S. The molecule has 0 saturated carbocycles. The number of aromatic nitrogens is 1. The number of nitrogens with zero attached hydrogens (tertiary/aromatic N) is 1. The van der Waals surface area contributed by atoms with Crippen molar-refractivity contribution in [1.29, 1.82) is 0 Å². The van der Waals surface area contributed by atoms with E-state index in [1.54, 1.807) is 30.3 Å². The lowest BCUT2D eigenvalue weighted by atomic mass is 10.4. The van der Waals surface area contributed by atoms with E-state index in [1.165, 1.54) is 12.1 Å². The standard InChI is InChI=1S/C11H8Br2N2O2S/c12-10-6-8(7-11(13)14-10)15-18(16,17)9-4-2-1-3-5-9/h1-7H,(H,14,15). The SMILES string of the molecule is O=S(=O)(Nc1cc(Br)nc(Br)c1)c1ccccc1. The van der Waals surface area contributed by atoms with Gasteiger partial charge in [-0.2, -0.15) is 0 Å². The first-order valence-corrected chi connectivity index (χ1v) is 7.95. The molecule has 1 heterocycles. The highest BCUT2D eigenvalue weighted by atomic mass is 79.9. The number of rotatable bonds is 3. The average Bonchev–Trinajstić information content (AvgIpc) is 2.28. The molecule has 94 valence electrons. The molecule has 0 aliphatic carbocycles. The zero-order chi connectivity index (χ0) is 13.2. The Bertz CT molecular complexity index is 640. The molecule has 0 saturated heterocycles. The minimum absolute atomic E-state index is 0.217. The van der Waals surface area contributed by atoms with Crippen molar-refractivity contribution < 1.29 is 8.42 Å². The van der Waals surface area contributed by atoms with E-state index in [1.807, 2.05) is 0 Å². The van der Waals surface area contributed by atoms with E-state index in [4.69, 9.17) is 0 Å². The summed E-state index contributed by atoms with van der Waals surface area (Å²) in [5.74, 6) is 0. The molecule has 4 nitrogen and oxygen atoms in total. The van der Waals surface area contributed by atoms with Gasteiger partial charge in [-0.15, -0.1) is 0 Å². The second kappa shape index (κ2) is 5.38. The normalized spacial score (nSPS) is 11.2. The summed E-state index contributed by atoms with van der Waals surface area (Å²) in [5.41, 5.74) is 0.438. The van der Waals surface area contributed by atoms with E-state index >= 15 is 0 Å². The fourth-order valence-electron chi connectivity index (χ4n) is 1.34. The molecule has 0 atom stereocenters. The summed E-state index contributed by atoms with van der Waals surface area (Å²) in [5, 5.41) is 0. The topological polar surface area (TPSA) is 59.1 Å². The molecule has 0 amide bonds. The second-order valence-electron chi connectivity index (χ2n) is 3.42. The van der Waals surface area contributed by atoms with Gasteiger partial charge in [0.05, 0.1) is 10.6 Å². The van der Waals surface area contributed by atoms with Gasteiger partial charge in [-0.3, -0.25) is 4.72 Å². The average molecular weight is 392 g/mol. The summed E-state index contributed by atoms with van der Waals surface area (Å²) in [6, 6.07) is 11.4. The van der Waals surface area contributed by atoms with Crippen molar-refractivity contribution in [3.63, 3.8) is 0 Å². The third-order valence-corrected chi connectivity index (χ3v) is 4.28. The van der Waals surface area contributed by atoms with E-state index in [-0.39, 0.29) is 4.90 Å². The monoisotopic (exact) mass is 390 g/mol. The highest BCUT2D eigenvalue weighted by Crippen LogP contribution is 2.22. The third kappa shape index (κ3) is 3.30. The third-order valence-electron chi connectivity index (χ3n) is 2.07. The zero-order valence-electron chi connectivity index (χ0n) is 8.97. The molecular weight excluding hydrogens is 384 g/mol. The Labute approximate surface area is 122 Å². The van der Waals surface area contributed by atoms with Crippen LogP contribution in [0.3, 0.4) is 0 Å². The van der Waals surface area contributed by atoms with Crippen LogP contribution in [0.15, 0.2) is 56.6 Å². The lowest BCUT2D eigenvalue weighted by Gasteiger charge is -2.08. The number of benzene rings is 1. The molecule has 1 aromatic heterocycles. The summed E-state index contributed by atoms with van der Waals surface area (Å²) in [6.45, 7) is 0. The number of pyridine rings is 1. The molecule has 0 aliphatic rings. The van der Waals surface area contributed by atoms with Crippen LogP contribution in [0, 0.1) is 0 Å². The summed E-state index contributed by atoms with van der Waals surface area (Å²) in [4.78, 5) is 4.25. The predicted octanol–water partition coefficient (Wildman–Crippen LogP) is 3.41. The van der Waals surface area contributed by atoms with Gasteiger partial charge in [-0.05, 0) is 56.1 Å². The number of hydrogen-bond acceptors (Lipinski definition) is 3. The van der Waals surface area contributed by atoms with Gasteiger partial charge in [-0.25, -0.2) is 13.4 Å². The predicted molar refractivity (Wildman–Crippen MR) is 76.9 cm³/mol. The molecule has 0 spiro atoms. The largest absolute Gasteiger partial charge is 0.279 e. The first kappa shape index (κ1) is 13.5. The highest BCUT2D eigenvalue weighted by Gasteiger charge is 2.13. The van der Waals surface area contributed by atoms with Gasteiger partial charge in [0.1, 0.15) is 9.21 Å². The summed E-state index contributed by atoms with van der Waals surface area (Å²) < 4.78 is 27.7. The van der Waals surface area contributed by atoms with Crippen molar-refractivity contribution in [3.8, 4) is 0 Å². The van der Waals surface area contributed by atoms with Gasteiger partial charge in [0.25, 0.3) is 10.0 Å². The van der Waals surface area contributed by atoms with Crippen LogP contribution >= 0.6 is 31.9 Å². The van der Waals surface area contributed by atoms with Crippen molar-refractivity contribution in [3.05, 3.63) is 51.7 Å². The molecule has 1 N–H and O–H groups in total. The van der Waals surface area contributed by atoms with E-state index in [0.29, 0.717) is 14.9 Å². The molecule has 1 aromatic carbocycles. The van der Waals surface area contributed by atoms with Gasteiger partial charge in [-0.1, -0.05) is 18.2 Å². The fraction of sp³-hybridized carbons (Fsp3) is 0. The maximum atomic E-state index is 12.1. The van der Waals surface area contributed by atoms with Crippen LogP contribution in [0.1, 0.15) is 0 Å². The second-order valence-corrected chi connectivity index (χ2v) is 6.73. The lowest BCUT2D eigenvalue weighted by Crippen LogP contribution is -2.12. The van der Waals surface area contributed by atoms with Gasteiger partial charge in [0.2, 0.25) is 0 Å². The Balaban J connectivity index is 2.34. The molecule has 2 aromatic rings. The molecule has 7 heteroatoms. The van der Waals surface area contributed by atoms with Gasteiger partial charge in [0.15, 0.2) is 0 Å². The van der Waals surface area contributed by atoms with Crippen LogP contribution in [0.2, 0.25) is 0 Å². The zero-order valence-corrected chi connectivity index (χ0v) is 13.0. The molecule has 0 fully saturated rings. The Morgan fingerprint density at radius 3 is 2.11 bits per heavy atom. The van der Waals surface area contributed by atoms with Crippen molar-refractivity contribution in [2.45, 2.75) is 4.90 Å². The molecule has 2 rings (SSSR count). The quantitative estimate of drug-likeness (QED) is 0.815. The summed E-state index contributed by atoms with van der Waals surface area (Å²) >= 11 is 6.40. The van der Waals surface area contributed by atoms with Crippen molar-refractivity contribution in [2.75, 3.05) is 4.72 Å². The maximum Gasteiger partial charge on any atom is 0.261 e. The molecule has 0 radical (unpaired) electrons. The number of anilines is 1. The van der Waals surface area contributed by atoms with E-state index in [2.05, 4.69) is 41.6 Å². The van der Waals surface area contributed by atoms with Crippen LogP contribution in [0.25, 0.3) is 0 Å². The van der Waals surface area contributed by atoms with Crippen molar-refractivity contribution in [1.82, 2.24) is 4.98 Å². The maximum absolute atomic E-state index is 12.1. The Hall–Kier alpha value is -0.920. The minimum atomic E-state index is -3.57. The van der Waals surface area contributed by atoms with E-state index in [9.17, 15) is 8.42 Å². The first-order chi connectivity index (χ1) is 8.47. The van der Waals surface area contributed by atoms with Crippen LogP contribution in [0.4, 0.5) is 5.69 Å². The molecule has 0 unspecified atom stereocenters.